The highest BCUT2D eigenvalue weighted by Gasteiger charge is 2.85. The molecule has 1 saturated carbocycles. The van der Waals surface area contributed by atoms with E-state index < -0.39 is 43.5 Å². The molecule has 0 aromatic carbocycles. The van der Waals surface area contributed by atoms with Crippen LogP contribution < -0.4 is 0 Å². The summed E-state index contributed by atoms with van der Waals surface area (Å²) >= 11 is 38.1. The Morgan fingerprint density at radius 3 is 2.07 bits per heavy atom. The van der Waals surface area contributed by atoms with E-state index in [9.17, 15) is 14.4 Å². The van der Waals surface area contributed by atoms with Crippen LogP contribution in [0.2, 0.25) is 0 Å². The van der Waals surface area contributed by atoms with Gasteiger partial charge >= 0.3 is 11.9 Å². The van der Waals surface area contributed by atoms with Crippen LogP contribution in [0.25, 0.3) is 0 Å². The van der Waals surface area contributed by atoms with Crippen LogP contribution in [0.4, 0.5) is 0 Å². The van der Waals surface area contributed by atoms with Gasteiger partial charge in [-0.25, -0.2) is 0 Å². The summed E-state index contributed by atoms with van der Waals surface area (Å²) in [5.41, 5.74) is -0.672. The summed E-state index contributed by atoms with van der Waals surface area (Å²) < 4.78 is 13.1. The summed E-state index contributed by atoms with van der Waals surface area (Å²) in [5.74, 6) is -2.85. The lowest BCUT2D eigenvalue weighted by Crippen LogP contribution is -2.47. The number of carbonyl (C=O) groups excluding carboxylic acids is 3. The van der Waals surface area contributed by atoms with E-state index in [4.69, 9.17) is 83.8 Å². The Kier molecular flexibility index (Phi) is 7.32. The summed E-state index contributed by atoms with van der Waals surface area (Å²) in [6, 6.07) is 0. The molecule has 1 fully saturated rings. The van der Waals surface area contributed by atoms with Crippen molar-refractivity contribution in [3.05, 3.63) is 10.1 Å². The van der Waals surface area contributed by atoms with Gasteiger partial charge in [0.2, 0.25) is 0 Å². The highest BCUT2D eigenvalue weighted by Crippen LogP contribution is 2.74. The highest BCUT2D eigenvalue weighted by molar-refractivity contribution is 6.66. The number of hydrogen-bond donors (Lipinski definition) is 0. The van der Waals surface area contributed by atoms with Crippen molar-refractivity contribution in [3.63, 3.8) is 0 Å². The van der Waals surface area contributed by atoms with Crippen molar-refractivity contribution in [1.82, 2.24) is 0 Å². The first-order valence-electron chi connectivity index (χ1n) is 8.49. The number of esters is 2. The Morgan fingerprint density at radius 2 is 1.55 bits per heavy atom. The minimum absolute atomic E-state index is 0.0621. The molecule has 0 radical (unpaired) electrons. The Labute approximate surface area is 198 Å². The smallest absolute Gasteiger partial charge is 0.315 e. The van der Waals surface area contributed by atoms with E-state index in [1.54, 1.807) is 13.8 Å². The van der Waals surface area contributed by atoms with Gasteiger partial charge in [0.05, 0.1) is 15.5 Å². The van der Waals surface area contributed by atoms with Crippen LogP contribution in [-0.4, -0.2) is 51.8 Å². The van der Waals surface area contributed by atoms with Gasteiger partial charge in [-0.15, -0.1) is 23.2 Å². The average Bonchev–Trinajstić information content (AvgIpc) is 2.85. The molecule has 164 valence electrons. The number of ether oxygens (including phenoxy) is 3. The standard InChI is InChI=1S/C17H18Cl6O6/c1-4-14(2,3)13(26)28-6-5-27-12(25)8-11(29-7-24)16(21)10(19)9(18)15(8,20)17(16,22)23/h7-8,11H,4-6H2,1-3H3. The lowest BCUT2D eigenvalue weighted by molar-refractivity contribution is -0.163. The van der Waals surface area contributed by atoms with E-state index in [0.717, 1.165) is 0 Å². The number of allylic oxidation sites excluding steroid dienone is 1. The lowest BCUT2D eigenvalue weighted by atomic mass is 9.89. The van der Waals surface area contributed by atoms with Crippen LogP contribution in [0.5, 0.6) is 0 Å². The first-order chi connectivity index (χ1) is 13.2. The third-order valence-corrected chi connectivity index (χ3v) is 9.56. The van der Waals surface area contributed by atoms with Crippen molar-refractivity contribution in [1.29, 1.82) is 0 Å². The predicted molar refractivity (Wildman–Crippen MR) is 111 cm³/mol. The van der Waals surface area contributed by atoms with Crippen LogP contribution in [0, 0.1) is 11.3 Å². The minimum atomic E-state index is -2.09. The Bertz CT molecular complexity index is 753. The van der Waals surface area contributed by atoms with Gasteiger partial charge in [-0.3, -0.25) is 14.4 Å². The molecule has 0 heterocycles. The highest BCUT2D eigenvalue weighted by atomic mass is 35.5. The summed E-state index contributed by atoms with van der Waals surface area (Å²) in [4.78, 5) is 31.8. The number of alkyl halides is 4. The van der Waals surface area contributed by atoms with E-state index in [1.165, 1.54) is 0 Å². The number of halogens is 6. The molecule has 2 bridgehead atoms. The Morgan fingerprint density at radius 1 is 1.03 bits per heavy atom. The number of fused-ring (bicyclic) bond motifs is 2. The van der Waals surface area contributed by atoms with Crippen molar-refractivity contribution < 1.29 is 28.6 Å². The van der Waals surface area contributed by atoms with Crippen molar-refractivity contribution >= 4 is 88.0 Å². The zero-order chi connectivity index (χ0) is 22.4. The summed E-state index contributed by atoms with van der Waals surface area (Å²) in [6.07, 6.45) is -0.873. The predicted octanol–water partition coefficient (Wildman–Crippen LogP) is 4.51. The monoisotopic (exact) mass is 528 g/mol. The van der Waals surface area contributed by atoms with Crippen molar-refractivity contribution in [3.8, 4) is 0 Å². The van der Waals surface area contributed by atoms with Crippen molar-refractivity contribution in [2.75, 3.05) is 13.2 Å². The summed E-state index contributed by atoms with van der Waals surface area (Å²) in [7, 11) is 0. The quantitative estimate of drug-likeness (QED) is 0.151. The molecule has 4 atom stereocenters. The van der Waals surface area contributed by atoms with E-state index in [2.05, 4.69) is 0 Å². The molecule has 2 aliphatic carbocycles. The average molecular weight is 531 g/mol. The maximum atomic E-state index is 12.8. The molecule has 12 heteroatoms. The summed E-state index contributed by atoms with van der Waals surface area (Å²) in [6.45, 7) is 4.88. The van der Waals surface area contributed by atoms with Gasteiger partial charge in [0.25, 0.3) is 6.47 Å². The number of carbonyl (C=O) groups is 3. The number of hydrogen-bond acceptors (Lipinski definition) is 6. The third-order valence-electron chi connectivity index (χ3n) is 5.32. The molecule has 2 rings (SSSR count). The fourth-order valence-corrected chi connectivity index (χ4v) is 6.00. The molecule has 0 saturated heterocycles. The topological polar surface area (TPSA) is 78.9 Å². The van der Waals surface area contributed by atoms with Gasteiger partial charge in [-0.1, -0.05) is 53.3 Å². The molecular formula is C17H18Cl6O6. The second-order valence-electron chi connectivity index (χ2n) is 7.30. The van der Waals surface area contributed by atoms with Gasteiger partial charge in [0, 0.05) is 0 Å². The van der Waals surface area contributed by atoms with Crippen LogP contribution in [0.1, 0.15) is 27.2 Å². The largest absolute Gasteiger partial charge is 0.462 e. The van der Waals surface area contributed by atoms with Crippen LogP contribution in [0.15, 0.2) is 10.1 Å². The van der Waals surface area contributed by atoms with E-state index >= 15 is 0 Å². The molecule has 0 N–H and O–H groups in total. The van der Waals surface area contributed by atoms with Crippen LogP contribution in [0.3, 0.4) is 0 Å². The third kappa shape index (κ3) is 3.52. The molecule has 2 aliphatic rings. The van der Waals surface area contributed by atoms with Gasteiger partial charge in [-0.05, 0) is 20.3 Å². The van der Waals surface area contributed by atoms with Crippen LogP contribution >= 0.6 is 69.6 Å². The molecule has 6 nitrogen and oxygen atoms in total. The molecular weight excluding hydrogens is 513 g/mol. The second kappa shape index (κ2) is 8.44. The molecule has 0 amide bonds. The first-order valence-corrected chi connectivity index (χ1v) is 10.8. The van der Waals surface area contributed by atoms with E-state index in [-0.39, 0.29) is 29.8 Å². The zero-order valence-corrected chi connectivity index (χ0v) is 20.1. The number of rotatable bonds is 8. The van der Waals surface area contributed by atoms with Gasteiger partial charge in [-0.2, -0.15) is 0 Å². The fourth-order valence-electron chi connectivity index (χ4n) is 3.16. The molecule has 0 aliphatic heterocycles. The molecule has 29 heavy (non-hydrogen) atoms. The summed E-state index contributed by atoms with van der Waals surface area (Å²) in [5, 5.41) is -0.475. The SMILES string of the molecule is CCC(C)(C)C(=O)OCCOC(=O)C1C(OC=O)C2(Cl)C(Cl)=C(Cl)C1(Cl)C2(Cl)Cl. The molecule has 0 spiro atoms. The Balaban J connectivity index is 2.18. The van der Waals surface area contributed by atoms with E-state index in [1.807, 2.05) is 6.92 Å². The lowest BCUT2D eigenvalue weighted by Gasteiger charge is -2.33. The molecule has 0 aromatic heterocycles. The fraction of sp³-hybridized carbons (Fsp3) is 0.706. The van der Waals surface area contributed by atoms with Crippen molar-refractivity contribution in [2.45, 2.75) is 47.4 Å². The first kappa shape index (κ1) is 25.2. The minimum Gasteiger partial charge on any atom is -0.462 e. The molecule has 4 unspecified atom stereocenters. The van der Waals surface area contributed by atoms with Gasteiger partial charge in [0.1, 0.15) is 30.1 Å². The zero-order valence-electron chi connectivity index (χ0n) is 15.6. The van der Waals surface area contributed by atoms with E-state index in [0.29, 0.717) is 6.42 Å². The molecule has 0 aromatic rings. The second-order valence-corrected chi connectivity index (χ2v) is 10.6. The maximum absolute atomic E-state index is 12.8. The normalized spacial score (nSPS) is 32.9. The van der Waals surface area contributed by atoms with Crippen molar-refractivity contribution in [2.24, 2.45) is 11.3 Å². The van der Waals surface area contributed by atoms with Crippen LogP contribution in [-0.2, 0) is 28.6 Å². The Hall–Kier alpha value is -0.110. The van der Waals surface area contributed by atoms with Gasteiger partial charge < -0.3 is 14.2 Å². The van der Waals surface area contributed by atoms with Gasteiger partial charge in [0.15, 0.2) is 9.21 Å². The maximum Gasteiger partial charge on any atom is 0.315 e.